The second-order valence-corrected chi connectivity index (χ2v) is 8.79. The van der Waals surface area contributed by atoms with Crippen LogP contribution in [-0.2, 0) is 14.8 Å². The molecule has 1 aliphatic heterocycles. The number of rotatable bonds is 4. The molecule has 0 spiro atoms. The first-order valence-corrected chi connectivity index (χ1v) is 10.3. The molecule has 5 nitrogen and oxygen atoms in total. The SMILES string of the molecule is Cc1ccccc1S(=O)(=O)N1CCC(C(=O)Nc2cccc(Cl)c2)CC1. The zero-order chi connectivity index (χ0) is 18.7. The van der Waals surface area contributed by atoms with Crippen molar-refractivity contribution in [2.24, 2.45) is 5.92 Å². The third-order valence-electron chi connectivity index (χ3n) is 4.63. The van der Waals surface area contributed by atoms with Gasteiger partial charge in [0, 0.05) is 29.7 Å². The second-order valence-electron chi connectivity index (χ2n) is 6.44. The monoisotopic (exact) mass is 392 g/mol. The number of hydrogen-bond donors (Lipinski definition) is 1. The summed E-state index contributed by atoms with van der Waals surface area (Å²) in [5.41, 5.74) is 1.38. The number of nitrogens with zero attached hydrogens (tertiary/aromatic N) is 1. The van der Waals surface area contributed by atoms with Crippen LogP contribution in [0, 0.1) is 12.8 Å². The lowest BCUT2D eigenvalue weighted by molar-refractivity contribution is -0.120. The number of sulfonamides is 1. The van der Waals surface area contributed by atoms with Gasteiger partial charge in [0.2, 0.25) is 15.9 Å². The van der Waals surface area contributed by atoms with Crippen molar-refractivity contribution < 1.29 is 13.2 Å². The fourth-order valence-corrected chi connectivity index (χ4v) is 5.04. The Kier molecular flexibility index (Phi) is 5.65. The number of hydrogen-bond acceptors (Lipinski definition) is 3. The van der Waals surface area contributed by atoms with E-state index in [1.54, 1.807) is 49.4 Å². The molecule has 1 aliphatic rings. The highest BCUT2D eigenvalue weighted by atomic mass is 35.5. The number of anilines is 1. The van der Waals surface area contributed by atoms with Crippen molar-refractivity contribution in [1.29, 1.82) is 0 Å². The topological polar surface area (TPSA) is 66.5 Å². The third kappa shape index (κ3) is 4.09. The van der Waals surface area contributed by atoms with E-state index in [0.717, 1.165) is 5.56 Å². The summed E-state index contributed by atoms with van der Waals surface area (Å²) >= 11 is 5.93. The summed E-state index contributed by atoms with van der Waals surface area (Å²) in [6.07, 6.45) is 0.995. The average Bonchev–Trinajstić information content (AvgIpc) is 2.62. The minimum Gasteiger partial charge on any atom is -0.326 e. The highest BCUT2D eigenvalue weighted by molar-refractivity contribution is 7.89. The van der Waals surface area contributed by atoms with Crippen LogP contribution in [0.15, 0.2) is 53.4 Å². The summed E-state index contributed by atoms with van der Waals surface area (Å²) in [4.78, 5) is 12.8. The molecule has 138 valence electrons. The summed E-state index contributed by atoms with van der Waals surface area (Å²) in [6, 6.07) is 14.0. The first kappa shape index (κ1) is 18.9. The van der Waals surface area contributed by atoms with Crippen molar-refractivity contribution in [2.75, 3.05) is 18.4 Å². The Hall–Kier alpha value is -1.89. The number of amides is 1. The minimum atomic E-state index is -3.52. The van der Waals surface area contributed by atoms with Crippen LogP contribution >= 0.6 is 11.6 Å². The molecule has 7 heteroatoms. The smallest absolute Gasteiger partial charge is 0.243 e. The predicted molar refractivity (Wildman–Crippen MR) is 103 cm³/mol. The maximum Gasteiger partial charge on any atom is 0.243 e. The Morgan fingerprint density at radius 3 is 2.46 bits per heavy atom. The van der Waals surface area contributed by atoms with E-state index < -0.39 is 10.0 Å². The zero-order valence-electron chi connectivity index (χ0n) is 14.5. The standard InChI is InChI=1S/C19H21ClN2O3S/c1-14-5-2-3-8-18(14)26(24,25)22-11-9-15(10-12-22)19(23)21-17-7-4-6-16(20)13-17/h2-8,13,15H,9-12H2,1H3,(H,21,23). The molecule has 3 rings (SSSR count). The van der Waals surface area contributed by atoms with Crippen LogP contribution < -0.4 is 5.32 Å². The zero-order valence-corrected chi connectivity index (χ0v) is 16.1. The fourth-order valence-electron chi connectivity index (χ4n) is 3.15. The van der Waals surface area contributed by atoms with Crippen molar-refractivity contribution >= 4 is 33.2 Å². The lowest BCUT2D eigenvalue weighted by atomic mass is 9.97. The van der Waals surface area contributed by atoms with Gasteiger partial charge in [-0.05, 0) is 49.6 Å². The molecule has 1 amide bonds. The predicted octanol–water partition coefficient (Wildman–Crippen LogP) is 3.69. The molecule has 0 bridgehead atoms. The summed E-state index contributed by atoms with van der Waals surface area (Å²) in [6.45, 7) is 2.46. The van der Waals surface area contributed by atoms with Crippen molar-refractivity contribution in [3.05, 3.63) is 59.1 Å². The van der Waals surface area contributed by atoms with E-state index in [1.165, 1.54) is 4.31 Å². The van der Waals surface area contributed by atoms with Crippen LogP contribution in [0.4, 0.5) is 5.69 Å². The number of halogens is 1. The molecule has 0 atom stereocenters. The van der Waals surface area contributed by atoms with Gasteiger partial charge in [-0.3, -0.25) is 4.79 Å². The first-order valence-electron chi connectivity index (χ1n) is 8.50. The molecule has 1 N–H and O–H groups in total. The number of piperidine rings is 1. The molecule has 2 aromatic rings. The quantitative estimate of drug-likeness (QED) is 0.862. The van der Waals surface area contributed by atoms with Gasteiger partial charge in [0.25, 0.3) is 0 Å². The highest BCUT2D eigenvalue weighted by Crippen LogP contribution is 2.26. The molecule has 1 heterocycles. The molecular formula is C19H21ClN2O3S. The van der Waals surface area contributed by atoms with Crippen LogP contribution in [0.1, 0.15) is 18.4 Å². The van der Waals surface area contributed by atoms with E-state index in [-0.39, 0.29) is 11.8 Å². The summed E-state index contributed by atoms with van der Waals surface area (Å²) in [7, 11) is -3.52. The van der Waals surface area contributed by atoms with E-state index in [9.17, 15) is 13.2 Å². The molecule has 0 radical (unpaired) electrons. The van der Waals surface area contributed by atoms with E-state index in [0.29, 0.717) is 41.5 Å². The molecule has 26 heavy (non-hydrogen) atoms. The molecule has 1 saturated heterocycles. The van der Waals surface area contributed by atoms with E-state index in [4.69, 9.17) is 11.6 Å². The van der Waals surface area contributed by atoms with Gasteiger partial charge in [0.15, 0.2) is 0 Å². The summed E-state index contributed by atoms with van der Waals surface area (Å²) < 4.78 is 27.1. The molecule has 0 unspecified atom stereocenters. The number of carbonyl (C=O) groups is 1. The van der Waals surface area contributed by atoms with Gasteiger partial charge >= 0.3 is 0 Å². The van der Waals surface area contributed by atoms with Gasteiger partial charge in [-0.2, -0.15) is 4.31 Å². The van der Waals surface area contributed by atoms with Gasteiger partial charge in [-0.1, -0.05) is 35.9 Å². The van der Waals surface area contributed by atoms with E-state index in [1.807, 2.05) is 6.07 Å². The van der Waals surface area contributed by atoms with Gasteiger partial charge < -0.3 is 5.32 Å². The Morgan fingerprint density at radius 2 is 1.81 bits per heavy atom. The Bertz CT molecular complexity index is 907. The fraction of sp³-hybridized carbons (Fsp3) is 0.316. The minimum absolute atomic E-state index is 0.0970. The van der Waals surface area contributed by atoms with Crippen LogP contribution in [-0.4, -0.2) is 31.7 Å². The van der Waals surface area contributed by atoms with E-state index in [2.05, 4.69) is 5.32 Å². The molecule has 0 aliphatic carbocycles. The Balaban J connectivity index is 1.64. The molecule has 0 saturated carbocycles. The van der Waals surface area contributed by atoms with Gasteiger partial charge in [0.1, 0.15) is 0 Å². The maximum absolute atomic E-state index is 12.8. The largest absolute Gasteiger partial charge is 0.326 e. The summed E-state index contributed by atoms with van der Waals surface area (Å²) in [5, 5.41) is 3.41. The first-order chi connectivity index (χ1) is 12.4. The number of carbonyl (C=O) groups excluding carboxylic acids is 1. The van der Waals surface area contributed by atoms with Crippen molar-refractivity contribution in [2.45, 2.75) is 24.7 Å². The lowest BCUT2D eigenvalue weighted by Crippen LogP contribution is -2.41. The molecular weight excluding hydrogens is 372 g/mol. The van der Waals surface area contributed by atoms with Gasteiger partial charge in [-0.25, -0.2) is 8.42 Å². The third-order valence-corrected chi connectivity index (χ3v) is 6.92. The van der Waals surface area contributed by atoms with Crippen molar-refractivity contribution in [1.82, 2.24) is 4.31 Å². The highest BCUT2D eigenvalue weighted by Gasteiger charge is 2.32. The lowest BCUT2D eigenvalue weighted by Gasteiger charge is -2.31. The van der Waals surface area contributed by atoms with Crippen LogP contribution in [0.25, 0.3) is 0 Å². The number of nitrogens with one attached hydrogen (secondary N) is 1. The van der Waals surface area contributed by atoms with Gasteiger partial charge in [0.05, 0.1) is 4.90 Å². The van der Waals surface area contributed by atoms with Crippen LogP contribution in [0.5, 0.6) is 0 Å². The number of benzene rings is 2. The Labute approximate surface area is 159 Å². The molecule has 0 aromatic heterocycles. The number of aryl methyl sites for hydroxylation is 1. The van der Waals surface area contributed by atoms with Crippen molar-refractivity contribution in [3.8, 4) is 0 Å². The van der Waals surface area contributed by atoms with Crippen LogP contribution in [0.3, 0.4) is 0 Å². The van der Waals surface area contributed by atoms with Gasteiger partial charge in [-0.15, -0.1) is 0 Å². The molecule has 2 aromatic carbocycles. The average molecular weight is 393 g/mol. The van der Waals surface area contributed by atoms with E-state index >= 15 is 0 Å². The van der Waals surface area contributed by atoms with Crippen LogP contribution in [0.2, 0.25) is 5.02 Å². The molecule has 1 fully saturated rings. The second kappa shape index (κ2) is 7.78. The Morgan fingerprint density at radius 1 is 1.12 bits per heavy atom. The maximum atomic E-state index is 12.8. The normalized spacial score (nSPS) is 16.4. The van der Waals surface area contributed by atoms with Crippen molar-refractivity contribution in [3.63, 3.8) is 0 Å². The summed E-state index contributed by atoms with van der Waals surface area (Å²) in [5.74, 6) is -0.308.